The maximum absolute atomic E-state index is 11.1. The molecule has 0 saturated heterocycles. The molecule has 1 atom stereocenters. The number of hydrogen-bond donors (Lipinski definition) is 0. The fraction of sp³-hybridized carbons (Fsp3) is 0.364. The fourth-order valence-corrected chi connectivity index (χ4v) is 2.19. The highest BCUT2D eigenvalue weighted by Crippen LogP contribution is 2.29. The van der Waals surface area contributed by atoms with Crippen molar-refractivity contribution in [3.8, 4) is 0 Å². The van der Waals surface area contributed by atoms with Crippen molar-refractivity contribution in [3.05, 3.63) is 33.8 Å². The largest absolute Gasteiger partial charge is 0.298 e. The van der Waals surface area contributed by atoms with Crippen LogP contribution >= 0.6 is 27.5 Å². The van der Waals surface area contributed by atoms with Gasteiger partial charge in [-0.15, -0.1) is 11.6 Å². The SMILES string of the molecule is CCc1ccc(C(Cl)C(C)=O)c(Br)c1. The summed E-state index contributed by atoms with van der Waals surface area (Å²) in [6.07, 6.45) is 0.978. The minimum atomic E-state index is -0.546. The first-order chi connectivity index (χ1) is 6.56. The summed E-state index contributed by atoms with van der Waals surface area (Å²) < 4.78 is 0.909. The van der Waals surface area contributed by atoms with Crippen molar-refractivity contribution in [1.82, 2.24) is 0 Å². The van der Waals surface area contributed by atoms with Crippen molar-refractivity contribution in [2.45, 2.75) is 25.6 Å². The number of ketones is 1. The van der Waals surface area contributed by atoms with E-state index in [0.717, 1.165) is 16.5 Å². The second-order valence-corrected chi connectivity index (χ2v) is 4.47. The zero-order chi connectivity index (χ0) is 10.7. The van der Waals surface area contributed by atoms with Gasteiger partial charge < -0.3 is 0 Å². The summed E-state index contributed by atoms with van der Waals surface area (Å²) in [6.45, 7) is 3.59. The molecule has 0 aliphatic heterocycles. The molecule has 0 N–H and O–H groups in total. The van der Waals surface area contributed by atoms with Gasteiger partial charge in [0.15, 0.2) is 5.78 Å². The standard InChI is InChI=1S/C11H12BrClO/c1-3-8-4-5-9(10(12)6-8)11(13)7(2)14/h4-6,11H,3H2,1-2H3. The Bertz CT molecular complexity index is 349. The molecule has 0 aromatic heterocycles. The second kappa shape index (κ2) is 4.94. The molecule has 0 heterocycles. The highest BCUT2D eigenvalue weighted by Gasteiger charge is 2.15. The predicted octanol–water partition coefficient (Wildman–Crippen LogP) is 3.88. The van der Waals surface area contributed by atoms with Crippen molar-refractivity contribution >= 4 is 33.3 Å². The number of carbonyl (C=O) groups is 1. The van der Waals surface area contributed by atoms with Crippen molar-refractivity contribution in [1.29, 1.82) is 0 Å². The maximum Gasteiger partial charge on any atom is 0.152 e. The Kier molecular flexibility index (Phi) is 4.14. The van der Waals surface area contributed by atoms with E-state index in [4.69, 9.17) is 11.6 Å². The van der Waals surface area contributed by atoms with Crippen LogP contribution in [0.1, 0.15) is 30.4 Å². The Labute approximate surface area is 97.6 Å². The summed E-state index contributed by atoms with van der Waals surface area (Å²) >= 11 is 9.38. The molecule has 0 saturated carbocycles. The Hall–Kier alpha value is -0.340. The Balaban J connectivity index is 3.05. The molecular weight excluding hydrogens is 263 g/mol. The minimum Gasteiger partial charge on any atom is -0.298 e. The van der Waals surface area contributed by atoms with Gasteiger partial charge in [0, 0.05) is 4.47 Å². The summed E-state index contributed by atoms with van der Waals surface area (Å²) in [5.74, 6) is -0.0309. The van der Waals surface area contributed by atoms with Gasteiger partial charge in [-0.05, 0) is 30.5 Å². The number of halogens is 2. The van der Waals surface area contributed by atoms with E-state index in [1.54, 1.807) is 0 Å². The number of rotatable bonds is 3. The molecule has 76 valence electrons. The van der Waals surface area contributed by atoms with E-state index < -0.39 is 5.38 Å². The lowest BCUT2D eigenvalue weighted by Gasteiger charge is -2.09. The third-order valence-electron chi connectivity index (χ3n) is 2.10. The van der Waals surface area contributed by atoms with Crippen LogP contribution in [0.5, 0.6) is 0 Å². The monoisotopic (exact) mass is 274 g/mol. The Morgan fingerprint density at radius 3 is 2.64 bits per heavy atom. The molecule has 0 amide bonds. The number of Topliss-reactive ketones (excluding diaryl/α,β-unsaturated/α-hetero) is 1. The second-order valence-electron chi connectivity index (χ2n) is 3.18. The van der Waals surface area contributed by atoms with Crippen LogP contribution in [0.15, 0.2) is 22.7 Å². The third kappa shape index (κ3) is 2.58. The summed E-state index contributed by atoms with van der Waals surface area (Å²) in [7, 11) is 0. The first-order valence-corrected chi connectivity index (χ1v) is 5.72. The van der Waals surface area contributed by atoms with E-state index >= 15 is 0 Å². The zero-order valence-electron chi connectivity index (χ0n) is 8.18. The molecule has 0 spiro atoms. The summed E-state index contributed by atoms with van der Waals surface area (Å²) in [5, 5.41) is -0.546. The Morgan fingerprint density at radius 1 is 1.57 bits per heavy atom. The van der Waals surface area contributed by atoms with Crippen molar-refractivity contribution in [3.63, 3.8) is 0 Å². The molecule has 0 radical (unpaired) electrons. The lowest BCUT2D eigenvalue weighted by molar-refractivity contribution is -0.116. The number of aryl methyl sites for hydroxylation is 1. The minimum absolute atomic E-state index is 0.0309. The average molecular weight is 276 g/mol. The molecule has 14 heavy (non-hydrogen) atoms. The Morgan fingerprint density at radius 2 is 2.21 bits per heavy atom. The molecule has 3 heteroatoms. The molecule has 1 aromatic rings. The van der Waals surface area contributed by atoms with E-state index in [2.05, 4.69) is 22.9 Å². The van der Waals surface area contributed by atoms with Crippen LogP contribution in [0, 0.1) is 0 Å². The predicted molar refractivity (Wildman–Crippen MR) is 62.8 cm³/mol. The first-order valence-electron chi connectivity index (χ1n) is 4.49. The lowest BCUT2D eigenvalue weighted by atomic mass is 10.1. The molecular formula is C11H12BrClO. The van der Waals surface area contributed by atoms with E-state index in [-0.39, 0.29) is 5.78 Å². The van der Waals surface area contributed by atoms with Gasteiger partial charge in [-0.25, -0.2) is 0 Å². The molecule has 1 nitrogen and oxygen atoms in total. The van der Waals surface area contributed by atoms with Crippen LogP contribution in [0.2, 0.25) is 0 Å². The van der Waals surface area contributed by atoms with Crippen LogP contribution in [-0.2, 0) is 11.2 Å². The average Bonchev–Trinajstić information content (AvgIpc) is 2.16. The molecule has 1 rings (SSSR count). The quantitative estimate of drug-likeness (QED) is 0.765. The van der Waals surface area contributed by atoms with Crippen LogP contribution in [0.4, 0.5) is 0 Å². The molecule has 0 fully saturated rings. The van der Waals surface area contributed by atoms with E-state index in [0.29, 0.717) is 0 Å². The molecule has 0 aliphatic rings. The zero-order valence-corrected chi connectivity index (χ0v) is 10.5. The smallest absolute Gasteiger partial charge is 0.152 e. The summed E-state index contributed by atoms with van der Waals surface area (Å²) in [5.41, 5.74) is 2.07. The maximum atomic E-state index is 11.1. The highest BCUT2D eigenvalue weighted by molar-refractivity contribution is 9.10. The normalized spacial score (nSPS) is 12.6. The fourth-order valence-electron chi connectivity index (χ4n) is 1.22. The van der Waals surface area contributed by atoms with E-state index in [1.165, 1.54) is 12.5 Å². The van der Waals surface area contributed by atoms with Crippen molar-refractivity contribution in [2.75, 3.05) is 0 Å². The molecule has 1 unspecified atom stereocenters. The van der Waals surface area contributed by atoms with Gasteiger partial charge in [0.2, 0.25) is 0 Å². The van der Waals surface area contributed by atoms with Crippen LogP contribution < -0.4 is 0 Å². The molecule has 0 aliphatic carbocycles. The van der Waals surface area contributed by atoms with Gasteiger partial charge >= 0.3 is 0 Å². The van der Waals surface area contributed by atoms with Crippen LogP contribution in [-0.4, -0.2) is 5.78 Å². The summed E-state index contributed by atoms with van der Waals surface area (Å²) in [4.78, 5) is 11.1. The molecule has 1 aromatic carbocycles. The van der Waals surface area contributed by atoms with E-state index in [9.17, 15) is 4.79 Å². The van der Waals surface area contributed by atoms with Gasteiger partial charge in [-0.1, -0.05) is 35.0 Å². The van der Waals surface area contributed by atoms with Crippen LogP contribution in [0.3, 0.4) is 0 Å². The van der Waals surface area contributed by atoms with Gasteiger partial charge in [-0.2, -0.15) is 0 Å². The van der Waals surface area contributed by atoms with Crippen molar-refractivity contribution in [2.24, 2.45) is 0 Å². The van der Waals surface area contributed by atoms with Crippen molar-refractivity contribution < 1.29 is 4.79 Å². The lowest BCUT2D eigenvalue weighted by Crippen LogP contribution is -2.02. The number of alkyl halides is 1. The summed E-state index contributed by atoms with van der Waals surface area (Å²) in [6, 6.07) is 5.91. The topological polar surface area (TPSA) is 17.1 Å². The van der Waals surface area contributed by atoms with E-state index in [1.807, 2.05) is 18.2 Å². The van der Waals surface area contributed by atoms with Gasteiger partial charge in [-0.3, -0.25) is 4.79 Å². The number of hydrogen-bond acceptors (Lipinski definition) is 1. The van der Waals surface area contributed by atoms with Crippen LogP contribution in [0.25, 0.3) is 0 Å². The first kappa shape index (κ1) is 11.7. The van der Waals surface area contributed by atoms with Gasteiger partial charge in [0.1, 0.15) is 5.38 Å². The highest BCUT2D eigenvalue weighted by atomic mass is 79.9. The number of carbonyl (C=O) groups excluding carboxylic acids is 1. The number of benzene rings is 1. The molecule has 0 bridgehead atoms. The van der Waals surface area contributed by atoms with Gasteiger partial charge in [0.05, 0.1) is 0 Å². The van der Waals surface area contributed by atoms with Gasteiger partial charge in [0.25, 0.3) is 0 Å². The third-order valence-corrected chi connectivity index (χ3v) is 3.33.